The molecule has 9 heteroatoms. The van der Waals surface area contributed by atoms with Crippen molar-refractivity contribution in [3.05, 3.63) is 56.5 Å². The molecule has 1 N–H and O–H groups in total. The third kappa shape index (κ3) is 7.42. The number of halogens is 2. The number of hydrogen-bond acceptors (Lipinski definition) is 6. The molecule has 2 rings (SSSR count). The lowest BCUT2D eigenvalue weighted by molar-refractivity contribution is -0.145. The molecule has 0 radical (unpaired) electrons. The molecule has 7 nitrogen and oxygen atoms in total. The first kappa shape index (κ1) is 24.4. The van der Waals surface area contributed by atoms with Gasteiger partial charge in [-0.1, -0.05) is 37.9 Å². The zero-order chi connectivity index (χ0) is 22.8. The van der Waals surface area contributed by atoms with Crippen LogP contribution in [0.4, 0.5) is 5.69 Å². The molecule has 0 heterocycles. The molecule has 0 aliphatic rings. The summed E-state index contributed by atoms with van der Waals surface area (Å²) in [5.74, 6) is -0.351. The molecule has 0 saturated carbocycles. The van der Waals surface area contributed by atoms with Gasteiger partial charge in [0.2, 0.25) is 0 Å². The number of amides is 1. The smallest absolute Gasteiger partial charge is 0.344 e. The Balaban J connectivity index is 2.29. The van der Waals surface area contributed by atoms with Crippen molar-refractivity contribution in [2.45, 2.75) is 13.8 Å². The van der Waals surface area contributed by atoms with Gasteiger partial charge in [0.25, 0.3) is 5.91 Å². The van der Waals surface area contributed by atoms with E-state index in [1.165, 1.54) is 6.08 Å². The Labute approximate surface area is 197 Å². The molecule has 2 aromatic rings. The zero-order valence-electron chi connectivity index (χ0n) is 16.9. The SMILES string of the molecule is CCOC(=O)COc1cc(Br)c(/C=C(/C#N)C(=O)Nc2cccc(Br)c2)cc1OCC. The first-order chi connectivity index (χ1) is 14.9. The standard InChI is InChI=1S/C22H20Br2N2O5/c1-3-29-19-9-14(18(24)11-20(19)31-13-21(27)30-4-2)8-15(12-25)22(28)26-17-7-5-6-16(23)10-17/h5-11H,3-4,13H2,1-2H3,(H,26,28)/b15-8-. The lowest BCUT2D eigenvalue weighted by atomic mass is 10.1. The minimum Gasteiger partial charge on any atom is -0.490 e. The molecule has 0 aliphatic heterocycles. The molecule has 1 amide bonds. The van der Waals surface area contributed by atoms with Gasteiger partial charge in [0.05, 0.1) is 13.2 Å². The molecule has 0 atom stereocenters. The van der Waals surface area contributed by atoms with Crippen molar-refractivity contribution in [2.75, 3.05) is 25.1 Å². The predicted octanol–water partition coefficient (Wildman–Crippen LogP) is 5.10. The Morgan fingerprint density at radius 2 is 1.84 bits per heavy atom. The number of nitrogens with one attached hydrogen (secondary N) is 1. The number of carbonyl (C=O) groups excluding carboxylic acids is 2. The van der Waals surface area contributed by atoms with Crippen LogP contribution in [0.2, 0.25) is 0 Å². The molecule has 0 saturated heterocycles. The fraction of sp³-hybridized carbons (Fsp3) is 0.227. The molecular weight excluding hydrogens is 532 g/mol. The third-order valence-electron chi connectivity index (χ3n) is 3.76. The number of hydrogen-bond donors (Lipinski definition) is 1. The summed E-state index contributed by atoms with van der Waals surface area (Å²) in [6.07, 6.45) is 1.44. The van der Waals surface area contributed by atoms with Crippen LogP contribution in [-0.2, 0) is 14.3 Å². The van der Waals surface area contributed by atoms with E-state index in [2.05, 4.69) is 37.2 Å². The second-order valence-corrected chi connectivity index (χ2v) is 7.75. The van der Waals surface area contributed by atoms with E-state index in [-0.39, 0.29) is 18.8 Å². The van der Waals surface area contributed by atoms with Crippen molar-refractivity contribution in [3.8, 4) is 17.6 Å². The van der Waals surface area contributed by atoms with Crippen LogP contribution in [-0.4, -0.2) is 31.7 Å². The maximum Gasteiger partial charge on any atom is 0.344 e. The summed E-state index contributed by atoms with van der Waals surface area (Å²) in [4.78, 5) is 24.1. The molecule has 0 unspecified atom stereocenters. The quantitative estimate of drug-likeness (QED) is 0.264. The molecule has 2 aromatic carbocycles. The summed E-state index contributed by atoms with van der Waals surface area (Å²) >= 11 is 6.75. The molecular formula is C22H20Br2N2O5. The lowest BCUT2D eigenvalue weighted by Gasteiger charge is -2.14. The highest BCUT2D eigenvalue weighted by Crippen LogP contribution is 2.35. The minimum atomic E-state index is -0.548. The van der Waals surface area contributed by atoms with Crippen LogP contribution >= 0.6 is 31.9 Å². The zero-order valence-corrected chi connectivity index (χ0v) is 20.1. The summed E-state index contributed by atoms with van der Waals surface area (Å²) in [5.41, 5.74) is 0.994. The van der Waals surface area contributed by atoms with Crippen LogP contribution < -0.4 is 14.8 Å². The van der Waals surface area contributed by atoms with Crippen LogP contribution in [0.3, 0.4) is 0 Å². The minimum absolute atomic E-state index is 0.0942. The van der Waals surface area contributed by atoms with E-state index in [0.717, 1.165) is 4.47 Å². The summed E-state index contributed by atoms with van der Waals surface area (Å²) < 4.78 is 17.3. The van der Waals surface area contributed by atoms with E-state index in [0.29, 0.717) is 33.8 Å². The number of nitriles is 1. The average molecular weight is 552 g/mol. The van der Waals surface area contributed by atoms with Gasteiger partial charge in [-0.2, -0.15) is 5.26 Å². The van der Waals surface area contributed by atoms with Crippen LogP contribution in [0, 0.1) is 11.3 Å². The first-order valence-electron chi connectivity index (χ1n) is 9.31. The van der Waals surface area contributed by atoms with Gasteiger partial charge in [-0.05, 0) is 55.8 Å². The maximum absolute atomic E-state index is 12.5. The van der Waals surface area contributed by atoms with Crippen molar-refractivity contribution in [3.63, 3.8) is 0 Å². The van der Waals surface area contributed by atoms with Gasteiger partial charge >= 0.3 is 5.97 Å². The molecule has 162 valence electrons. The number of anilines is 1. The van der Waals surface area contributed by atoms with Crippen molar-refractivity contribution >= 4 is 55.5 Å². The van der Waals surface area contributed by atoms with Gasteiger partial charge in [-0.25, -0.2) is 4.79 Å². The topological polar surface area (TPSA) is 97.7 Å². The van der Waals surface area contributed by atoms with Gasteiger partial charge < -0.3 is 19.5 Å². The second-order valence-electron chi connectivity index (χ2n) is 5.98. The molecule has 0 bridgehead atoms. The van der Waals surface area contributed by atoms with Gasteiger partial charge in [0.1, 0.15) is 11.6 Å². The van der Waals surface area contributed by atoms with E-state index in [1.54, 1.807) is 44.2 Å². The largest absolute Gasteiger partial charge is 0.490 e. The average Bonchev–Trinajstić information content (AvgIpc) is 2.73. The molecule has 0 spiro atoms. The Morgan fingerprint density at radius 1 is 1.10 bits per heavy atom. The van der Waals surface area contributed by atoms with Crippen LogP contribution in [0.15, 0.2) is 50.9 Å². The Morgan fingerprint density at radius 3 is 2.48 bits per heavy atom. The number of carbonyl (C=O) groups is 2. The summed E-state index contributed by atoms with van der Waals surface area (Å²) in [5, 5.41) is 12.2. The van der Waals surface area contributed by atoms with Crippen molar-refractivity contribution < 1.29 is 23.8 Å². The van der Waals surface area contributed by atoms with Crippen LogP contribution in [0.25, 0.3) is 6.08 Å². The van der Waals surface area contributed by atoms with Gasteiger partial charge in [-0.15, -0.1) is 0 Å². The normalized spacial score (nSPS) is 10.7. The van der Waals surface area contributed by atoms with Gasteiger partial charge in [-0.3, -0.25) is 4.79 Å². The van der Waals surface area contributed by atoms with Crippen molar-refractivity contribution in [2.24, 2.45) is 0 Å². The van der Waals surface area contributed by atoms with E-state index in [9.17, 15) is 14.9 Å². The lowest BCUT2D eigenvalue weighted by Crippen LogP contribution is -2.15. The molecule has 0 aromatic heterocycles. The number of nitrogens with zero attached hydrogens (tertiary/aromatic N) is 1. The van der Waals surface area contributed by atoms with E-state index in [4.69, 9.17) is 14.2 Å². The fourth-order valence-electron chi connectivity index (χ4n) is 2.45. The molecule has 31 heavy (non-hydrogen) atoms. The monoisotopic (exact) mass is 550 g/mol. The number of ether oxygens (including phenoxy) is 3. The summed E-state index contributed by atoms with van der Waals surface area (Å²) in [6, 6.07) is 12.2. The number of benzene rings is 2. The summed E-state index contributed by atoms with van der Waals surface area (Å²) in [6.45, 7) is 3.86. The highest BCUT2D eigenvalue weighted by molar-refractivity contribution is 9.10. The van der Waals surface area contributed by atoms with E-state index < -0.39 is 11.9 Å². The highest BCUT2D eigenvalue weighted by atomic mass is 79.9. The first-order valence-corrected chi connectivity index (χ1v) is 10.9. The number of esters is 1. The molecule has 0 aliphatic carbocycles. The second kappa shape index (κ2) is 12.1. The third-order valence-corrected chi connectivity index (χ3v) is 4.94. The highest BCUT2D eigenvalue weighted by Gasteiger charge is 2.15. The fourth-order valence-corrected chi connectivity index (χ4v) is 3.29. The van der Waals surface area contributed by atoms with Crippen LogP contribution in [0.1, 0.15) is 19.4 Å². The molecule has 0 fully saturated rings. The van der Waals surface area contributed by atoms with E-state index in [1.807, 2.05) is 12.1 Å². The van der Waals surface area contributed by atoms with Gasteiger partial charge in [0.15, 0.2) is 18.1 Å². The number of rotatable bonds is 9. The van der Waals surface area contributed by atoms with E-state index >= 15 is 0 Å². The predicted molar refractivity (Wildman–Crippen MR) is 124 cm³/mol. The summed E-state index contributed by atoms with van der Waals surface area (Å²) in [7, 11) is 0. The Bertz CT molecular complexity index is 1030. The Hall–Kier alpha value is -2.83. The van der Waals surface area contributed by atoms with Gasteiger partial charge in [0, 0.05) is 14.6 Å². The van der Waals surface area contributed by atoms with Crippen LogP contribution in [0.5, 0.6) is 11.5 Å². The maximum atomic E-state index is 12.5. The van der Waals surface area contributed by atoms with Crippen molar-refractivity contribution in [1.29, 1.82) is 5.26 Å². The Kier molecular flexibility index (Phi) is 9.56. The van der Waals surface area contributed by atoms with Crippen molar-refractivity contribution in [1.82, 2.24) is 0 Å².